The van der Waals surface area contributed by atoms with Crippen molar-refractivity contribution in [3.63, 3.8) is 0 Å². The van der Waals surface area contributed by atoms with Crippen molar-refractivity contribution < 1.29 is 32.6 Å². The van der Waals surface area contributed by atoms with E-state index in [-0.39, 0.29) is 25.3 Å². The average Bonchev–Trinajstić information content (AvgIpc) is 2.45. The summed E-state index contributed by atoms with van der Waals surface area (Å²) in [5, 5.41) is 9.02. The van der Waals surface area contributed by atoms with Gasteiger partial charge in [0.25, 0.3) is 5.91 Å². The molecule has 0 unspecified atom stereocenters. The Bertz CT molecular complexity index is 544. The molecule has 0 aromatic carbocycles. The smallest absolute Gasteiger partial charge is 0.433 e. The van der Waals surface area contributed by atoms with E-state index in [9.17, 15) is 22.8 Å². The number of carbonyl (C=O) groups excluding carboxylic acids is 1. The lowest BCUT2D eigenvalue weighted by Crippen LogP contribution is -2.52. The van der Waals surface area contributed by atoms with Crippen LogP contribution in [0.3, 0.4) is 0 Å². The van der Waals surface area contributed by atoms with Gasteiger partial charge in [-0.3, -0.25) is 9.78 Å². The van der Waals surface area contributed by atoms with Gasteiger partial charge in [0.05, 0.1) is 18.8 Å². The van der Waals surface area contributed by atoms with Gasteiger partial charge in [-0.25, -0.2) is 4.79 Å². The molecule has 9 heteroatoms. The Balaban J connectivity index is 2.20. The average molecular weight is 304 g/mol. The van der Waals surface area contributed by atoms with Crippen LogP contribution in [-0.4, -0.2) is 52.7 Å². The van der Waals surface area contributed by atoms with Gasteiger partial charge in [0.1, 0.15) is 5.69 Å². The van der Waals surface area contributed by atoms with Gasteiger partial charge in [0.2, 0.25) is 0 Å². The number of ether oxygens (including phenoxy) is 1. The van der Waals surface area contributed by atoms with Crippen LogP contribution in [0.2, 0.25) is 0 Å². The van der Waals surface area contributed by atoms with E-state index in [2.05, 4.69) is 4.98 Å². The minimum Gasteiger partial charge on any atom is -0.480 e. The molecule has 1 fully saturated rings. The number of carboxylic acids is 1. The van der Waals surface area contributed by atoms with Crippen molar-refractivity contribution in [1.82, 2.24) is 9.88 Å². The summed E-state index contributed by atoms with van der Waals surface area (Å²) in [6, 6.07) is 0.504. The van der Waals surface area contributed by atoms with Crippen molar-refractivity contribution in [2.24, 2.45) is 0 Å². The molecule has 1 N–H and O–H groups in total. The molecule has 1 saturated heterocycles. The molecule has 1 aliphatic rings. The van der Waals surface area contributed by atoms with Crippen LogP contribution in [0.4, 0.5) is 13.2 Å². The molecule has 2 rings (SSSR count). The Hall–Kier alpha value is -2.16. The maximum atomic E-state index is 12.4. The predicted molar refractivity (Wildman–Crippen MR) is 62.5 cm³/mol. The van der Waals surface area contributed by atoms with Gasteiger partial charge in [0, 0.05) is 12.7 Å². The highest BCUT2D eigenvalue weighted by Crippen LogP contribution is 2.27. The number of carbonyl (C=O) groups is 2. The van der Waals surface area contributed by atoms with Gasteiger partial charge in [-0.15, -0.1) is 0 Å². The fraction of sp³-hybridized carbons (Fsp3) is 0.417. The topological polar surface area (TPSA) is 79.7 Å². The Labute approximate surface area is 117 Å². The zero-order chi connectivity index (χ0) is 15.6. The first-order valence-electron chi connectivity index (χ1n) is 5.95. The lowest BCUT2D eigenvalue weighted by atomic mass is 10.1. The monoisotopic (exact) mass is 304 g/mol. The van der Waals surface area contributed by atoms with Crippen LogP contribution in [0.25, 0.3) is 0 Å². The fourth-order valence-electron chi connectivity index (χ4n) is 1.91. The van der Waals surface area contributed by atoms with Crippen molar-refractivity contribution in [2.45, 2.75) is 12.2 Å². The summed E-state index contributed by atoms with van der Waals surface area (Å²) in [5.74, 6) is -1.92. The van der Waals surface area contributed by atoms with E-state index in [1.165, 1.54) is 0 Å². The van der Waals surface area contributed by atoms with Crippen molar-refractivity contribution in [1.29, 1.82) is 0 Å². The molecular weight excluding hydrogens is 293 g/mol. The lowest BCUT2D eigenvalue weighted by molar-refractivity contribution is -0.147. The largest absolute Gasteiger partial charge is 0.480 e. The number of rotatable bonds is 2. The summed E-state index contributed by atoms with van der Waals surface area (Å²) in [6.45, 7) is 0.0650. The van der Waals surface area contributed by atoms with Gasteiger partial charge < -0.3 is 14.7 Å². The number of carboxylic acid groups (broad SMARTS) is 1. The van der Waals surface area contributed by atoms with Crippen LogP contribution in [0, 0.1) is 0 Å². The molecule has 0 radical (unpaired) electrons. The minimum absolute atomic E-state index is 0.0524. The van der Waals surface area contributed by atoms with Gasteiger partial charge >= 0.3 is 12.1 Å². The first-order valence-corrected chi connectivity index (χ1v) is 5.95. The normalized spacial score (nSPS) is 19.4. The second-order valence-electron chi connectivity index (χ2n) is 4.36. The third-order valence-corrected chi connectivity index (χ3v) is 2.98. The SMILES string of the molecule is O=C(O)[C@@H]1COCCN1C(=O)c1ccc(C(F)(F)F)nc1. The molecule has 21 heavy (non-hydrogen) atoms. The number of nitrogens with zero attached hydrogens (tertiary/aromatic N) is 2. The number of amides is 1. The van der Waals surface area contributed by atoms with Gasteiger partial charge in [-0.05, 0) is 12.1 Å². The standard InChI is InChI=1S/C12H11F3N2O4/c13-12(14,15)9-2-1-7(5-16-9)10(18)17-3-4-21-6-8(17)11(19)20/h1-2,5,8H,3-4,6H2,(H,19,20)/t8-/m0/s1. The molecule has 1 atom stereocenters. The van der Waals surface area contributed by atoms with Crippen LogP contribution >= 0.6 is 0 Å². The molecule has 1 aromatic heterocycles. The molecular formula is C12H11F3N2O4. The summed E-state index contributed by atoms with van der Waals surface area (Å²) in [5.41, 5.74) is -1.22. The van der Waals surface area contributed by atoms with E-state index < -0.39 is 29.8 Å². The van der Waals surface area contributed by atoms with Crippen molar-refractivity contribution in [3.05, 3.63) is 29.6 Å². The van der Waals surface area contributed by atoms with E-state index in [0.29, 0.717) is 6.07 Å². The summed E-state index contributed by atoms with van der Waals surface area (Å²) >= 11 is 0. The Morgan fingerprint density at radius 3 is 2.62 bits per heavy atom. The first-order chi connectivity index (χ1) is 9.80. The zero-order valence-electron chi connectivity index (χ0n) is 10.6. The zero-order valence-corrected chi connectivity index (χ0v) is 10.6. The van der Waals surface area contributed by atoms with E-state index in [0.717, 1.165) is 17.2 Å². The fourth-order valence-corrected chi connectivity index (χ4v) is 1.91. The van der Waals surface area contributed by atoms with E-state index >= 15 is 0 Å². The molecule has 6 nitrogen and oxygen atoms in total. The Morgan fingerprint density at radius 1 is 1.38 bits per heavy atom. The quantitative estimate of drug-likeness (QED) is 0.882. The highest BCUT2D eigenvalue weighted by molar-refractivity contribution is 5.96. The first kappa shape index (κ1) is 15.2. The predicted octanol–water partition coefficient (Wildman–Crippen LogP) is 1.03. The third kappa shape index (κ3) is 3.30. The molecule has 0 spiro atoms. The van der Waals surface area contributed by atoms with Gasteiger partial charge in [-0.1, -0.05) is 0 Å². The summed E-state index contributed by atoms with van der Waals surface area (Å²) < 4.78 is 42.2. The molecule has 0 saturated carbocycles. The van der Waals surface area contributed by atoms with E-state index in [4.69, 9.17) is 9.84 Å². The number of halogens is 3. The van der Waals surface area contributed by atoms with Gasteiger partial charge in [0.15, 0.2) is 6.04 Å². The van der Waals surface area contributed by atoms with E-state index in [1.54, 1.807) is 0 Å². The van der Waals surface area contributed by atoms with Crippen LogP contribution in [0.1, 0.15) is 16.1 Å². The number of morpholine rings is 1. The van der Waals surface area contributed by atoms with Crippen LogP contribution < -0.4 is 0 Å². The summed E-state index contributed by atoms with van der Waals surface area (Å²) in [6.07, 6.45) is -3.80. The Kier molecular flexibility index (Phi) is 4.12. The minimum atomic E-state index is -4.59. The molecule has 1 aromatic rings. The molecule has 114 valence electrons. The maximum Gasteiger partial charge on any atom is 0.433 e. The van der Waals surface area contributed by atoms with Gasteiger partial charge in [-0.2, -0.15) is 13.2 Å². The second kappa shape index (κ2) is 5.68. The highest BCUT2D eigenvalue weighted by Gasteiger charge is 2.35. The Morgan fingerprint density at radius 2 is 2.10 bits per heavy atom. The van der Waals surface area contributed by atoms with Crippen molar-refractivity contribution >= 4 is 11.9 Å². The number of alkyl halides is 3. The second-order valence-corrected chi connectivity index (χ2v) is 4.36. The molecule has 1 amide bonds. The molecule has 0 bridgehead atoms. The maximum absolute atomic E-state index is 12.4. The van der Waals surface area contributed by atoms with Crippen LogP contribution in [0.15, 0.2) is 18.3 Å². The number of pyridine rings is 1. The number of aliphatic carboxylic acids is 1. The lowest BCUT2D eigenvalue weighted by Gasteiger charge is -2.32. The van der Waals surface area contributed by atoms with Crippen LogP contribution in [0.5, 0.6) is 0 Å². The number of hydrogen-bond donors (Lipinski definition) is 1. The highest BCUT2D eigenvalue weighted by atomic mass is 19.4. The number of aromatic nitrogens is 1. The molecule has 1 aliphatic heterocycles. The summed E-state index contributed by atoms with van der Waals surface area (Å²) in [7, 11) is 0. The molecule has 2 heterocycles. The summed E-state index contributed by atoms with van der Waals surface area (Å²) in [4.78, 5) is 27.4. The van der Waals surface area contributed by atoms with E-state index in [1.807, 2.05) is 0 Å². The third-order valence-electron chi connectivity index (χ3n) is 2.98. The molecule has 0 aliphatic carbocycles. The van der Waals surface area contributed by atoms with Crippen LogP contribution in [-0.2, 0) is 15.7 Å². The van der Waals surface area contributed by atoms with Crippen molar-refractivity contribution in [2.75, 3.05) is 19.8 Å². The number of hydrogen-bond acceptors (Lipinski definition) is 4. The van der Waals surface area contributed by atoms with Crippen molar-refractivity contribution in [3.8, 4) is 0 Å².